The molecule has 0 spiro atoms. The van der Waals surface area contributed by atoms with E-state index in [9.17, 15) is 4.79 Å². The van der Waals surface area contributed by atoms with E-state index in [0.29, 0.717) is 18.8 Å². The lowest BCUT2D eigenvalue weighted by Gasteiger charge is -2.36. The fourth-order valence-corrected chi connectivity index (χ4v) is 4.15. The van der Waals surface area contributed by atoms with Crippen LogP contribution >= 0.6 is 11.3 Å². The number of hydrogen-bond acceptors (Lipinski definition) is 5. The van der Waals surface area contributed by atoms with Crippen molar-refractivity contribution in [2.24, 2.45) is 0 Å². The Morgan fingerprint density at radius 1 is 1.00 bits per heavy atom. The minimum atomic E-state index is -0.641. The van der Waals surface area contributed by atoms with Gasteiger partial charge in [-0.15, -0.1) is 11.3 Å². The van der Waals surface area contributed by atoms with E-state index in [0.717, 1.165) is 29.5 Å². The number of nitrogens with zero attached hydrogens (tertiary/aromatic N) is 3. The first-order valence-corrected chi connectivity index (χ1v) is 10.3. The molecule has 0 saturated carbocycles. The molecule has 6 heteroatoms. The van der Waals surface area contributed by atoms with Crippen LogP contribution in [0.4, 0.5) is 5.13 Å². The van der Waals surface area contributed by atoms with E-state index in [2.05, 4.69) is 15.3 Å². The van der Waals surface area contributed by atoms with Gasteiger partial charge in [0.1, 0.15) is 5.75 Å². The molecule has 0 radical (unpaired) electrons. The van der Waals surface area contributed by atoms with Crippen LogP contribution in [0, 0.1) is 6.92 Å². The SMILES string of the molecule is Cc1csc(N2CCN(C(=O)[C@@H](Oc3ccccc3)c3ccccc3)CC2)n1. The Labute approximate surface area is 169 Å². The lowest BCUT2D eigenvalue weighted by atomic mass is 10.1. The lowest BCUT2D eigenvalue weighted by molar-refractivity contribution is -0.139. The first-order valence-electron chi connectivity index (χ1n) is 9.43. The zero-order valence-electron chi connectivity index (χ0n) is 15.8. The molecule has 1 amide bonds. The minimum Gasteiger partial charge on any atom is -0.476 e. The average Bonchev–Trinajstić information content (AvgIpc) is 3.19. The number of rotatable bonds is 5. The summed E-state index contributed by atoms with van der Waals surface area (Å²) >= 11 is 1.66. The predicted molar refractivity (Wildman–Crippen MR) is 112 cm³/mol. The summed E-state index contributed by atoms with van der Waals surface area (Å²) in [5.41, 5.74) is 1.91. The second-order valence-electron chi connectivity index (χ2n) is 6.81. The largest absolute Gasteiger partial charge is 0.476 e. The summed E-state index contributed by atoms with van der Waals surface area (Å²) < 4.78 is 6.12. The number of anilines is 1. The number of aryl methyl sites for hydroxylation is 1. The van der Waals surface area contributed by atoms with Crippen molar-refractivity contribution in [3.63, 3.8) is 0 Å². The smallest absolute Gasteiger partial charge is 0.268 e. The van der Waals surface area contributed by atoms with Crippen molar-refractivity contribution < 1.29 is 9.53 Å². The summed E-state index contributed by atoms with van der Waals surface area (Å²) in [5, 5.41) is 3.09. The summed E-state index contributed by atoms with van der Waals surface area (Å²) in [6.07, 6.45) is -0.641. The van der Waals surface area contributed by atoms with E-state index in [1.54, 1.807) is 11.3 Å². The van der Waals surface area contributed by atoms with Crippen molar-refractivity contribution in [2.75, 3.05) is 31.1 Å². The molecule has 0 aliphatic carbocycles. The summed E-state index contributed by atoms with van der Waals surface area (Å²) in [4.78, 5) is 22.0. The summed E-state index contributed by atoms with van der Waals surface area (Å²) in [6, 6.07) is 19.2. The molecule has 1 aliphatic heterocycles. The molecule has 3 aromatic rings. The molecule has 1 aromatic heterocycles. The molecule has 5 nitrogen and oxygen atoms in total. The standard InChI is InChI=1S/C22H23N3O2S/c1-17-16-28-22(23-17)25-14-12-24(13-15-25)21(26)20(18-8-4-2-5-9-18)27-19-10-6-3-7-11-19/h2-11,16,20H,12-15H2,1H3/t20-/m0/s1. The highest BCUT2D eigenvalue weighted by molar-refractivity contribution is 7.13. The normalized spacial score (nSPS) is 15.3. The van der Waals surface area contributed by atoms with Gasteiger partial charge in [0, 0.05) is 37.1 Å². The molecule has 2 aromatic carbocycles. The molecule has 144 valence electrons. The van der Waals surface area contributed by atoms with Crippen LogP contribution in [0.15, 0.2) is 66.0 Å². The van der Waals surface area contributed by atoms with Gasteiger partial charge >= 0.3 is 0 Å². The van der Waals surface area contributed by atoms with E-state index < -0.39 is 6.10 Å². The number of hydrogen-bond donors (Lipinski definition) is 0. The number of amides is 1. The Kier molecular flexibility index (Phi) is 5.58. The Hall–Kier alpha value is -2.86. The van der Waals surface area contributed by atoms with Gasteiger partial charge in [0.15, 0.2) is 5.13 Å². The number of para-hydroxylation sites is 1. The van der Waals surface area contributed by atoms with Crippen molar-refractivity contribution in [1.29, 1.82) is 0 Å². The third-order valence-corrected chi connectivity index (χ3v) is 5.81. The van der Waals surface area contributed by atoms with Crippen LogP contribution in [-0.4, -0.2) is 42.0 Å². The number of benzene rings is 2. The molecule has 1 aliphatic rings. The number of carbonyl (C=O) groups is 1. The Morgan fingerprint density at radius 2 is 1.64 bits per heavy atom. The summed E-state index contributed by atoms with van der Waals surface area (Å²) in [7, 11) is 0. The van der Waals surface area contributed by atoms with Crippen LogP contribution in [0.25, 0.3) is 0 Å². The van der Waals surface area contributed by atoms with Gasteiger partial charge in [0.2, 0.25) is 6.10 Å². The monoisotopic (exact) mass is 393 g/mol. The van der Waals surface area contributed by atoms with Crippen LogP contribution in [0.5, 0.6) is 5.75 Å². The van der Waals surface area contributed by atoms with Crippen molar-refractivity contribution in [3.8, 4) is 5.75 Å². The first kappa shape index (κ1) is 18.5. The fraction of sp³-hybridized carbons (Fsp3) is 0.273. The number of thiazole rings is 1. The third-order valence-electron chi connectivity index (χ3n) is 4.79. The average molecular weight is 394 g/mol. The van der Waals surface area contributed by atoms with Crippen molar-refractivity contribution >= 4 is 22.4 Å². The van der Waals surface area contributed by atoms with E-state index in [-0.39, 0.29) is 5.91 Å². The molecular formula is C22H23N3O2S. The van der Waals surface area contributed by atoms with Crippen LogP contribution < -0.4 is 9.64 Å². The molecule has 0 bridgehead atoms. The van der Waals surface area contributed by atoms with Crippen LogP contribution in [-0.2, 0) is 4.79 Å². The maximum atomic E-state index is 13.3. The summed E-state index contributed by atoms with van der Waals surface area (Å²) in [5.74, 6) is 0.701. The second kappa shape index (κ2) is 8.44. The first-order chi connectivity index (χ1) is 13.7. The van der Waals surface area contributed by atoms with Gasteiger partial charge in [0.25, 0.3) is 5.91 Å². The predicted octanol–water partition coefficient (Wildman–Crippen LogP) is 3.92. The lowest BCUT2D eigenvalue weighted by Crippen LogP contribution is -2.50. The zero-order chi connectivity index (χ0) is 19.3. The van der Waals surface area contributed by atoms with Crippen LogP contribution in [0.2, 0.25) is 0 Å². The Balaban J connectivity index is 1.48. The molecule has 1 saturated heterocycles. The van der Waals surface area contributed by atoms with Crippen LogP contribution in [0.3, 0.4) is 0 Å². The van der Waals surface area contributed by atoms with Crippen molar-refractivity contribution in [3.05, 3.63) is 77.3 Å². The minimum absolute atomic E-state index is 0.00465. The fourth-order valence-electron chi connectivity index (χ4n) is 3.29. The van der Waals surface area contributed by atoms with Gasteiger partial charge in [-0.25, -0.2) is 4.98 Å². The second-order valence-corrected chi connectivity index (χ2v) is 7.64. The number of piperazine rings is 1. The van der Waals surface area contributed by atoms with E-state index in [1.165, 1.54) is 0 Å². The third kappa shape index (κ3) is 4.17. The van der Waals surface area contributed by atoms with Crippen molar-refractivity contribution in [2.45, 2.75) is 13.0 Å². The Bertz CT molecular complexity index is 906. The summed E-state index contributed by atoms with van der Waals surface area (Å²) in [6.45, 7) is 4.90. The molecule has 0 N–H and O–H groups in total. The van der Waals surface area contributed by atoms with Gasteiger partial charge < -0.3 is 14.5 Å². The van der Waals surface area contributed by atoms with Gasteiger partial charge in [-0.1, -0.05) is 48.5 Å². The molecular weight excluding hydrogens is 370 g/mol. The van der Waals surface area contributed by atoms with Gasteiger partial charge in [0.05, 0.1) is 5.69 Å². The topological polar surface area (TPSA) is 45.7 Å². The maximum absolute atomic E-state index is 13.3. The number of ether oxygens (including phenoxy) is 1. The molecule has 28 heavy (non-hydrogen) atoms. The highest BCUT2D eigenvalue weighted by Gasteiger charge is 2.30. The van der Waals surface area contributed by atoms with E-state index in [1.807, 2.05) is 72.5 Å². The van der Waals surface area contributed by atoms with Gasteiger partial charge in [-0.05, 0) is 19.1 Å². The maximum Gasteiger partial charge on any atom is 0.268 e. The molecule has 4 rings (SSSR count). The van der Waals surface area contributed by atoms with E-state index >= 15 is 0 Å². The molecule has 2 heterocycles. The number of aromatic nitrogens is 1. The number of carbonyl (C=O) groups excluding carboxylic acids is 1. The van der Waals surface area contributed by atoms with Gasteiger partial charge in [-0.2, -0.15) is 0 Å². The molecule has 1 fully saturated rings. The Morgan fingerprint density at radius 3 is 2.25 bits per heavy atom. The van der Waals surface area contributed by atoms with E-state index in [4.69, 9.17) is 4.74 Å². The zero-order valence-corrected chi connectivity index (χ0v) is 16.6. The quantitative estimate of drug-likeness (QED) is 0.659. The van der Waals surface area contributed by atoms with Gasteiger partial charge in [-0.3, -0.25) is 4.79 Å². The highest BCUT2D eigenvalue weighted by Crippen LogP contribution is 2.26. The highest BCUT2D eigenvalue weighted by atomic mass is 32.1. The molecule has 0 unspecified atom stereocenters. The van der Waals surface area contributed by atoms with Crippen LogP contribution in [0.1, 0.15) is 17.4 Å². The van der Waals surface area contributed by atoms with Crippen molar-refractivity contribution in [1.82, 2.24) is 9.88 Å². The molecule has 1 atom stereocenters.